The van der Waals surface area contributed by atoms with Crippen LogP contribution >= 0.6 is 0 Å². The number of aromatic hydroxyl groups is 1. The van der Waals surface area contributed by atoms with Crippen LogP contribution in [0, 0.1) is 11.6 Å². The molecular formula is C31H35F2N5O4. The lowest BCUT2D eigenvalue weighted by atomic mass is 9.95. The average Bonchev–Trinajstić information content (AvgIpc) is 2.94. The van der Waals surface area contributed by atoms with Crippen molar-refractivity contribution in [3.05, 3.63) is 101 Å². The van der Waals surface area contributed by atoms with Crippen molar-refractivity contribution in [2.45, 2.75) is 52.1 Å². The van der Waals surface area contributed by atoms with Crippen molar-refractivity contribution in [2.24, 2.45) is 0 Å². The van der Waals surface area contributed by atoms with Gasteiger partial charge in [-0.1, -0.05) is 56.0 Å². The van der Waals surface area contributed by atoms with E-state index in [2.05, 4.69) is 5.32 Å². The van der Waals surface area contributed by atoms with E-state index in [1.54, 1.807) is 26.1 Å². The highest BCUT2D eigenvalue weighted by molar-refractivity contribution is 5.92. The van der Waals surface area contributed by atoms with Crippen molar-refractivity contribution in [3.63, 3.8) is 0 Å². The smallest absolute Gasteiger partial charge is 0.334 e. The molecule has 2 N–H and O–H groups in total. The highest BCUT2D eigenvalue weighted by Gasteiger charge is 2.54. The standard InChI is InChI=1S/C30H31F2N5O4.CH4/c1-19-28-36(27(39)18-34(2)37(28)30(41)33-16-21-6-4-3-5-7-21)26(14-20-8-12-24(38)13-9-20)29(40)35(19)17-22-10-11-23(31)15-25(22)32;/h3-13,15,19,26,28,38H,14,16-18H2,1-2H3,(H,33,41);1H4/t19-,26-,28+;/m0./s1. The maximum absolute atomic E-state index is 14.7. The van der Waals surface area contributed by atoms with E-state index in [1.807, 2.05) is 30.3 Å². The molecule has 3 aromatic carbocycles. The van der Waals surface area contributed by atoms with Gasteiger partial charge in [0.2, 0.25) is 11.8 Å². The first-order valence-corrected chi connectivity index (χ1v) is 13.3. The fraction of sp³-hybridized carbons (Fsp3) is 0.323. The molecule has 222 valence electrons. The molecule has 4 amide bonds. The predicted octanol–water partition coefficient (Wildman–Crippen LogP) is 3.88. The maximum atomic E-state index is 14.7. The van der Waals surface area contributed by atoms with Crippen LogP contribution in [0.5, 0.6) is 5.75 Å². The van der Waals surface area contributed by atoms with E-state index in [9.17, 15) is 28.3 Å². The molecule has 2 aliphatic heterocycles. The minimum Gasteiger partial charge on any atom is -0.508 e. The Kier molecular flexibility index (Phi) is 9.11. The number of fused-ring (bicyclic) bond motifs is 1. The third kappa shape index (κ3) is 6.06. The van der Waals surface area contributed by atoms with Crippen LogP contribution in [0.2, 0.25) is 0 Å². The minimum absolute atomic E-state index is 0. The molecule has 0 aliphatic carbocycles. The summed E-state index contributed by atoms with van der Waals surface area (Å²) in [4.78, 5) is 44.0. The van der Waals surface area contributed by atoms with E-state index < -0.39 is 41.8 Å². The number of rotatable bonds is 6. The first-order chi connectivity index (χ1) is 19.6. The van der Waals surface area contributed by atoms with Crippen LogP contribution in [0.15, 0.2) is 72.8 Å². The molecule has 0 saturated carbocycles. The summed E-state index contributed by atoms with van der Waals surface area (Å²) in [6.45, 7) is 1.64. The number of amides is 4. The fourth-order valence-electron chi connectivity index (χ4n) is 5.51. The van der Waals surface area contributed by atoms with Crippen LogP contribution in [-0.2, 0) is 29.1 Å². The van der Waals surface area contributed by atoms with Gasteiger partial charge in [0.25, 0.3) is 0 Å². The van der Waals surface area contributed by atoms with Gasteiger partial charge < -0.3 is 20.2 Å². The normalized spacial score (nSPS) is 20.7. The second kappa shape index (κ2) is 12.6. The molecule has 2 saturated heterocycles. The third-order valence-electron chi connectivity index (χ3n) is 7.60. The molecule has 2 heterocycles. The monoisotopic (exact) mass is 579 g/mol. The summed E-state index contributed by atoms with van der Waals surface area (Å²) >= 11 is 0. The number of nitrogens with one attached hydrogen (secondary N) is 1. The van der Waals surface area contributed by atoms with E-state index in [-0.39, 0.29) is 50.7 Å². The number of carbonyl (C=O) groups is 3. The number of nitrogens with zero attached hydrogens (tertiary/aromatic N) is 4. The molecular weight excluding hydrogens is 544 g/mol. The summed E-state index contributed by atoms with van der Waals surface area (Å²) in [5.74, 6) is -2.23. The van der Waals surface area contributed by atoms with E-state index in [4.69, 9.17) is 0 Å². The maximum Gasteiger partial charge on any atom is 0.334 e. The Hall–Kier alpha value is -4.51. The third-order valence-corrected chi connectivity index (χ3v) is 7.60. The lowest BCUT2D eigenvalue weighted by Gasteiger charge is -2.57. The first-order valence-electron chi connectivity index (χ1n) is 13.3. The summed E-state index contributed by atoms with van der Waals surface area (Å²) in [6, 6.07) is 16.6. The zero-order valence-corrected chi connectivity index (χ0v) is 22.7. The predicted molar refractivity (Wildman–Crippen MR) is 152 cm³/mol. The van der Waals surface area contributed by atoms with Crippen LogP contribution in [-0.4, -0.2) is 74.6 Å². The minimum atomic E-state index is -1.00. The summed E-state index contributed by atoms with van der Waals surface area (Å²) in [7, 11) is 1.62. The Bertz CT molecular complexity index is 1440. The summed E-state index contributed by atoms with van der Waals surface area (Å²) in [5, 5.41) is 15.6. The van der Waals surface area contributed by atoms with Crippen molar-refractivity contribution >= 4 is 17.8 Å². The van der Waals surface area contributed by atoms with Crippen LogP contribution in [0.1, 0.15) is 31.0 Å². The molecule has 0 radical (unpaired) electrons. The Labute approximate surface area is 243 Å². The summed E-state index contributed by atoms with van der Waals surface area (Å²) in [5.41, 5.74) is 1.69. The van der Waals surface area contributed by atoms with Gasteiger partial charge in [0, 0.05) is 38.2 Å². The zero-order valence-electron chi connectivity index (χ0n) is 22.7. The van der Waals surface area contributed by atoms with Gasteiger partial charge in [0.05, 0.1) is 12.6 Å². The molecule has 0 bridgehead atoms. The quantitative estimate of drug-likeness (QED) is 0.462. The number of likely N-dealkylation sites (N-methyl/N-ethyl adjacent to an activating group) is 1. The first kappa shape index (κ1) is 30.4. The second-order valence-corrected chi connectivity index (χ2v) is 10.3. The Morgan fingerprint density at radius 1 is 1.00 bits per heavy atom. The number of halogens is 2. The van der Waals surface area contributed by atoms with Gasteiger partial charge in [-0.3, -0.25) is 9.59 Å². The highest BCUT2D eigenvalue weighted by atomic mass is 19.1. The zero-order chi connectivity index (χ0) is 29.3. The molecule has 2 fully saturated rings. The lowest BCUT2D eigenvalue weighted by molar-refractivity contribution is -0.196. The highest BCUT2D eigenvalue weighted by Crippen LogP contribution is 2.33. The molecule has 9 nitrogen and oxygen atoms in total. The Morgan fingerprint density at radius 3 is 2.36 bits per heavy atom. The summed E-state index contributed by atoms with van der Waals surface area (Å²) < 4.78 is 28.3. The Morgan fingerprint density at radius 2 is 1.69 bits per heavy atom. The fourth-order valence-corrected chi connectivity index (χ4v) is 5.51. The number of hydrogen-bond donors (Lipinski definition) is 2. The van der Waals surface area contributed by atoms with Gasteiger partial charge >= 0.3 is 6.03 Å². The molecule has 3 aromatic rings. The number of piperazine rings is 1. The van der Waals surface area contributed by atoms with Crippen molar-refractivity contribution in [1.82, 2.24) is 25.1 Å². The number of phenols is 1. The molecule has 5 rings (SSSR count). The Balaban J connectivity index is 0.00000405. The van der Waals surface area contributed by atoms with E-state index in [0.717, 1.165) is 17.7 Å². The molecule has 0 unspecified atom stereocenters. The van der Waals surface area contributed by atoms with Crippen molar-refractivity contribution in [3.8, 4) is 5.75 Å². The summed E-state index contributed by atoms with van der Waals surface area (Å²) in [6.07, 6.45) is -0.792. The van der Waals surface area contributed by atoms with E-state index in [1.165, 1.54) is 38.0 Å². The van der Waals surface area contributed by atoms with Gasteiger partial charge in [-0.15, -0.1) is 0 Å². The van der Waals surface area contributed by atoms with Crippen molar-refractivity contribution in [2.75, 3.05) is 13.6 Å². The molecule has 2 aliphatic rings. The van der Waals surface area contributed by atoms with Gasteiger partial charge in [0.1, 0.15) is 29.6 Å². The molecule has 42 heavy (non-hydrogen) atoms. The number of benzene rings is 3. The van der Waals surface area contributed by atoms with Gasteiger partial charge in [-0.2, -0.15) is 0 Å². The number of urea groups is 1. The van der Waals surface area contributed by atoms with Gasteiger partial charge in [-0.25, -0.2) is 23.6 Å². The van der Waals surface area contributed by atoms with Crippen LogP contribution < -0.4 is 5.32 Å². The van der Waals surface area contributed by atoms with Gasteiger partial charge in [-0.05, 0) is 36.2 Å². The molecule has 3 atom stereocenters. The van der Waals surface area contributed by atoms with Crippen LogP contribution in [0.4, 0.5) is 13.6 Å². The van der Waals surface area contributed by atoms with E-state index in [0.29, 0.717) is 5.56 Å². The molecule has 0 spiro atoms. The van der Waals surface area contributed by atoms with Gasteiger partial charge in [0.15, 0.2) is 0 Å². The average molecular weight is 580 g/mol. The van der Waals surface area contributed by atoms with E-state index >= 15 is 0 Å². The second-order valence-electron chi connectivity index (χ2n) is 10.3. The van der Waals surface area contributed by atoms with Crippen LogP contribution in [0.25, 0.3) is 0 Å². The number of carbonyl (C=O) groups excluding carboxylic acids is 3. The molecule has 0 aromatic heterocycles. The lowest BCUT2D eigenvalue weighted by Crippen LogP contribution is -2.78. The topological polar surface area (TPSA) is 96.4 Å². The van der Waals surface area contributed by atoms with Crippen LogP contribution in [0.3, 0.4) is 0 Å². The molecule has 11 heteroatoms. The SMILES string of the molecule is C.C[C@H]1[C@@H]2N(C(=O)CN(C)N2C(=O)NCc2ccccc2)[C@@H](Cc2ccc(O)cc2)C(=O)N1Cc1ccc(F)cc1F. The van der Waals surface area contributed by atoms with Crippen molar-refractivity contribution in [1.29, 1.82) is 0 Å². The largest absolute Gasteiger partial charge is 0.508 e. The number of phenolic OH excluding ortho intramolecular Hbond substituents is 1. The number of hydrazine groups is 1. The number of hydrogen-bond acceptors (Lipinski definition) is 5. The van der Waals surface area contributed by atoms with Crippen molar-refractivity contribution < 1.29 is 28.3 Å².